The maximum atomic E-state index is 12.6. The third kappa shape index (κ3) is 3.70. The number of aryl methyl sites for hydroxylation is 2. The van der Waals surface area contributed by atoms with Gasteiger partial charge in [-0.3, -0.25) is 0 Å². The molecular weight excluding hydrogens is 386 g/mol. The van der Waals surface area contributed by atoms with Gasteiger partial charge in [0.05, 0.1) is 59.7 Å². The molecule has 4 aromatic rings. The van der Waals surface area contributed by atoms with E-state index in [2.05, 4.69) is 35.9 Å². The largest absolute Gasteiger partial charge is 0.377 e. The molecule has 30 heavy (non-hydrogen) atoms. The molecule has 11 nitrogen and oxygen atoms in total. The van der Waals surface area contributed by atoms with Crippen LogP contribution in [0.4, 0.5) is 16.2 Å². The van der Waals surface area contributed by atoms with E-state index in [0.29, 0.717) is 22.8 Å². The molecule has 0 fully saturated rings. The van der Waals surface area contributed by atoms with Crippen molar-refractivity contribution in [2.24, 2.45) is 0 Å². The molecule has 0 spiro atoms. The summed E-state index contributed by atoms with van der Waals surface area (Å²) >= 11 is 0. The zero-order chi connectivity index (χ0) is 21.3. The van der Waals surface area contributed by atoms with E-state index in [1.165, 1.54) is 4.80 Å². The van der Waals surface area contributed by atoms with Gasteiger partial charge >= 0.3 is 6.03 Å². The highest BCUT2D eigenvalue weighted by molar-refractivity contribution is 6.00. The monoisotopic (exact) mass is 407 g/mol. The molecule has 0 aromatic carbocycles. The third-order valence-electron chi connectivity index (χ3n) is 4.58. The zero-order valence-electron chi connectivity index (χ0n) is 17.0. The Balaban J connectivity index is 1.57. The highest BCUT2D eigenvalue weighted by atomic mass is 16.5. The predicted molar refractivity (Wildman–Crippen MR) is 110 cm³/mol. The summed E-state index contributed by atoms with van der Waals surface area (Å²) < 4.78 is 7.15. The lowest BCUT2D eigenvalue weighted by atomic mass is 10.1. The summed E-state index contributed by atoms with van der Waals surface area (Å²) in [5.41, 5.74) is 4.06. The Hall–Kier alpha value is -3.86. The highest BCUT2D eigenvalue weighted by Crippen LogP contribution is 2.28. The first kappa shape index (κ1) is 19.5. The van der Waals surface area contributed by atoms with E-state index in [0.717, 1.165) is 16.8 Å². The van der Waals surface area contributed by atoms with Gasteiger partial charge in [0.15, 0.2) is 11.5 Å². The first-order valence-electron chi connectivity index (χ1n) is 9.25. The van der Waals surface area contributed by atoms with Crippen LogP contribution in [0.25, 0.3) is 11.5 Å². The summed E-state index contributed by atoms with van der Waals surface area (Å²) in [4.78, 5) is 22.9. The molecule has 4 heterocycles. The number of carbonyl (C=O) groups excluding carboxylic acids is 1. The normalized spacial score (nSPS) is 12.1. The fraction of sp³-hybridized carbons (Fsp3) is 0.263. The van der Waals surface area contributed by atoms with Gasteiger partial charge in [-0.2, -0.15) is 15.3 Å². The number of amides is 2. The number of rotatable bonds is 5. The molecule has 154 valence electrons. The zero-order valence-corrected chi connectivity index (χ0v) is 17.0. The van der Waals surface area contributed by atoms with Crippen LogP contribution in [0.15, 0.2) is 37.1 Å². The molecule has 0 aliphatic heterocycles. The molecule has 2 N–H and O–H groups in total. The Labute approximate surface area is 172 Å². The van der Waals surface area contributed by atoms with Crippen LogP contribution in [0.3, 0.4) is 0 Å². The van der Waals surface area contributed by atoms with Crippen LogP contribution < -0.4 is 10.6 Å². The van der Waals surface area contributed by atoms with Gasteiger partial charge in [0.25, 0.3) is 0 Å². The van der Waals surface area contributed by atoms with Crippen molar-refractivity contribution in [3.8, 4) is 5.82 Å². The van der Waals surface area contributed by atoms with Crippen molar-refractivity contribution >= 4 is 23.1 Å². The molecule has 11 heteroatoms. The van der Waals surface area contributed by atoms with Crippen LogP contribution in [0.5, 0.6) is 0 Å². The number of pyridine rings is 1. The summed E-state index contributed by atoms with van der Waals surface area (Å²) in [5.74, 6) is 0.589. The fourth-order valence-electron chi connectivity index (χ4n) is 3.14. The smallest absolute Gasteiger partial charge is 0.323 e. The summed E-state index contributed by atoms with van der Waals surface area (Å²) in [6.07, 6.45) is 7.79. The SMILES string of the molecule is COC(C)c1c(NC(=O)Nc2cnc(-n3nccn3)c(C)c2)cnn2cc(C)nc12. The van der Waals surface area contributed by atoms with Crippen LogP contribution in [0.1, 0.15) is 29.8 Å². The highest BCUT2D eigenvalue weighted by Gasteiger charge is 2.19. The number of urea groups is 1. The number of carbonyl (C=O) groups is 1. The van der Waals surface area contributed by atoms with Gasteiger partial charge in [0, 0.05) is 7.11 Å². The molecule has 1 atom stereocenters. The second kappa shape index (κ2) is 7.87. The molecule has 4 aromatic heterocycles. The second-order valence-corrected chi connectivity index (χ2v) is 6.76. The van der Waals surface area contributed by atoms with E-state index in [1.807, 2.05) is 27.0 Å². The standard InChI is InChI=1S/C19H21N9O2/c1-11-7-14(8-20-17(11)28-21-5-6-22-28)25-19(29)26-15-9-23-27-10-12(2)24-18(27)16(15)13(3)30-4/h5-10,13H,1-4H3,(H2,25,26,29). The first-order valence-corrected chi connectivity index (χ1v) is 9.25. The second-order valence-electron chi connectivity index (χ2n) is 6.76. The first-order chi connectivity index (χ1) is 14.5. The van der Waals surface area contributed by atoms with Gasteiger partial charge in [-0.15, -0.1) is 4.80 Å². The van der Waals surface area contributed by atoms with E-state index >= 15 is 0 Å². The van der Waals surface area contributed by atoms with E-state index < -0.39 is 6.03 Å². The number of anilines is 2. The number of methoxy groups -OCH3 is 1. The molecular formula is C19H21N9O2. The topological polar surface area (TPSA) is 124 Å². The van der Waals surface area contributed by atoms with Crippen LogP contribution in [-0.2, 0) is 4.74 Å². The average molecular weight is 407 g/mol. The van der Waals surface area contributed by atoms with E-state index in [1.54, 1.807) is 42.5 Å². The molecule has 0 saturated carbocycles. The van der Waals surface area contributed by atoms with Crippen molar-refractivity contribution < 1.29 is 9.53 Å². The molecule has 0 aliphatic rings. The summed E-state index contributed by atoms with van der Waals surface area (Å²) in [6, 6.07) is 1.36. The minimum atomic E-state index is -0.430. The lowest BCUT2D eigenvalue weighted by Crippen LogP contribution is -2.22. The van der Waals surface area contributed by atoms with Crippen molar-refractivity contribution in [3.63, 3.8) is 0 Å². The van der Waals surface area contributed by atoms with Gasteiger partial charge in [-0.05, 0) is 32.4 Å². The maximum Gasteiger partial charge on any atom is 0.323 e. The number of nitrogens with zero attached hydrogens (tertiary/aromatic N) is 7. The lowest BCUT2D eigenvalue weighted by Gasteiger charge is -2.16. The molecule has 0 bridgehead atoms. The number of fused-ring (bicyclic) bond motifs is 1. The van der Waals surface area contributed by atoms with E-state index in [-0.39, 0.29) is 6.10 Å². The number of imidazole rings is 1. The van der Waals surface area contributed by atoms with Crippen LogP contribution >= 0.6 is 0 Å². The molecule has 4 rings (SSSR count). The van der Waals surface area contributed by atoms with Crippen LogP contribution in [-0.4, -0.2) is 47.7 Å². The Kier molecular flexibility index (Phi) is 5.11. The number of aromatic nitrogens is 7. The van der Waals surface area contributed by atoms with Gasteiger partial charge in [-0.1, -0.05) is 0 Å². The Morgan fingerprint density at radius 2 is 1.90 bits per heavy atom. The van der Waals surface area contributed by atoms with Crippen molar-refractivity contribution in [1.29, 1.82) is 0 Å². The minimum Gasteiger partial charge on any atom is -0.377 e. The van der Waals surface area contributed by atoms with Crippen molar-refractivity contribution in [1.82, 2.24) is 34.6 Å². The van der Waals surface area contributed by atoms with Gasteiger partial charge < -0.3 is 15.4 Å². The van der Waals surface area contributed by atoms with Crippen LogP contribution in [0, 0.1) is 13.8 Å². The van der Waals surface area contributed by atoms with E-state index in [4.69, 9.17) is 4.74 Å². The maximum absolute atomic E-state index is 12.6. The quantitative estimate of drug-likeness (QED) is 0.521. The van der Waals surface area contributed by atoms with Gasteiger partial charge in [-0.25, -0.2) is 19.3 Å². The Morgan fingerprint density at radius 3 is 2.60 bits per heavy atom. The summed E-state index contributed by atoms with van der Waals surface area (Å²) in [7, 11) is 1.60. The van der Waals surface area contributed by atoms with Crippen molar-refractivity contribution in [3.05, 3.63) is 53.9 Å². The third-order valence-corrected chi connectivity index (χ3v) is 4.58. The Bertz CT molecular complexity index is 1200. The molecule has 0 aliphatic carbocycles. The number of hydrogen-bond donors (Lipinski definition) is 2. The fourth-order valence-corrected chi connectivity index (χ4v) is 3.14. The van der Waals surface area contributed by atoms with Gasteiger partial charge in [0.1, 0.15) is 0 Å². The predicted octanol–water partition coefficient (Wildman–Crippen LogP) is 2.67. The lowest BCUT2D eigenvalue weighted by molar-refractivity contribution is 0.120. The molecule has 1 unspecified atom stereocenters. The minimum absolute atomic E-state index is 0.294. The van der Waals surface area contributed by atoms with Crippen molar-refractivity contribution in [2.45, 2.75) is 26.9 Å². The number of nitrogens with one attached hydrogen (secondary N) is 2. The van der Waals surface area contributed by atoms with Crippen LogP contribution in [0.2, 0.25) is 0 Å². The number of hydrogen-bond acceptors (Lipinski definition) is 7. The Morgan fingerprint density at radius 1 is 1.13 bits per heavy atom. The van der Waals surface area contributed by atoms with Crippen molar-refractivity contribution in [2.75, 3.05) is 17.7 Å². The number of ether oxygens (including phenoxy) is 1. The summed E-state index contributed by atoms with van der Waals surface area (Å²) in [6.45, 7) is 5.64. The summed E-state index contributed by atoms with van der Waals surface area (Å²) in [5, 5.41) is 18.1. The molecule has 0 saturated heterocycles. The molecule has 0 radical (unpaired) electrons. The van der Waals surface area contributed by atoms with E-state index in [9.17, 15) is 4.79 Å². The van der Waals surface area contributed by atoms with Gasteiger partial charge in [0.2, 0.25) is 0 Å². The average Bonchev–Trinajstić information content (AvgIpc) is 3.36. The molecule has 2 amide bonds.